The van der Waals surface area contributed by atoms with E-state index in [0.717, 1.165) is 5.82 Å². The Bertz CT molecular complexity index is 566. The van der Waals surface area contributed by atoms with Gasteiger partial charge in [0.05, 0.1) is 0 Å². The normalized spacial score (nSPS) is 12.4. The van der Waals surface area contributed by atoms with Crippen molar-refractivity contribution in [3.8, 4) is 0 Å². The number of hydrogen-bond donors (Lipinski definition) is 1. The number of nitrogens with one attached hydrogen (secondary N) is 1. The predicted octanol–water partition coefficient (Wildman–Crippen LogP) is 2.33. The van der Waals surface area contributed by atoms with E-state index in [9.17, 15) is 0 Å². The standard InChI is InChI=1S/C10H13N4.3CH3.Sn/c1-7(2)13-10-8-6-12-14(3)9(8)4-5-11-10;;;;/h4-5,7H,1-3H3,(H,11,13);3*1H3;. The molecule has 0 atom stereocenters. The molecule has 5 heteroatoms. The molecule has 0 radical (unpaired) electrons. The van der Waals surface area contributed by atoms with Crippen molar-refractivity contribution in [2.75, 3.05) is 5.32 Å². The number of nitrogens with zero attached hydrogens (tertiary/aromatic N) is 3. The Morgan fingerprint density at radius 1 is 1.28 bits per heavy atom. The van der Waals surface area contributed by atoms with Gasteiger partial charge in [-0.3, -0.25) is 0 Å². The molecule has 0 bridgehead atoms. The zero-order valence-corrected chi connectivity index (χ0v) is 14.9. The van der Waals surface area contributed by atoms with Gasteiger partial charge in [0.2, 0.25) is 0 Å². The van der Waals surface area contributed by atoms with E-state index < -0.39 is 18.4 Å². The van der Waals surface area contributed by atoms with Crippen molar-refractivity contribution < 1.29 is 0 Å². The van der Waals surface area contributed by atoms with Crippen LogP contribution in [0.1, 0.15) is 13.8 Å². The Balaban J connectivity index is 2.73. The first-order valence-corrected chi connectivity index (χ1v) is 16.4. The van der Waals surface area contributed by atoms with Crippen LogP contribution < -0.4 is 9.03 Å². The fraction of sp³-hybridized carbons (Fsp3) is 0.538. The fourth-order valence-electron chi connectivity index (χ4n) is 2.12. The number of hydrogen-bond acceptors (Lipinski definition) is 3. The second-order valence-electron chi connectivity index (χ2n) is 6.07. The van der Waals surface area contributed by atoms with E-state index in [-0.39, 0.29) is 0 Å². The third-order valence-electron chi connectivity index (χ3n) is 2.90. The number of fused-ring (bicyclic) bond motifs is 1. The molecular formula is C13H22N4Sn. The van der Waals surface area contributed by atoms with Gasteiger partial charge in [0.25, 0.3) is 0 Å². The summed E-state index contributed by atoms with van der Waals surface area (Å²) in [5.74, 6) is 0.984. The van der Waals surface area contributed by atoms with Gasteiger partial charge in [0.15, 0.2) is 0 Å². The minimum atomic E-state index is -2.23. The average Bonchev–Trinajstić information content (AvgIpc) is 2.56. The molecule has 1 N–H and O–H groups in total. The van der Waals surface area contributed by atoms with Crippen molar-refractivity contribution in [3.05, 3.63) is 12.3 Å². The van der Waals surface area contributed by atoms with Crippen molar-refractivity contribution in [1.29, 1.82) is 0 Å². The van der Waals surface area contributed by atoms with Crippen molar-refractivity contribution in [1.82, 2.24) is 14.8 Å². The number of anilines is 1. The first-order valence-electron chi connectivity index (χ1n) is 6.39. The number of aromatic nitrogens is 3. The third-order valence-corrected chi connectivity index (χ3v) is 7.95. The van der Waals surface area contributed by atoms with Gasteiger partial charge in [0, 0.05) is 0 Å². The summed E-state index contributed by atoms with van der Waals surface area (Å²) in [6.45, 7) is 4.27. The Labute approximate surface area is 113 Å². The van der Waals surface area contributed by atoms with Crippen LogP contribution in [0, 0.1) is 0 Å². The van der Waals surface area contributed by atoms with Gasteiger partial charge < -0.3 is 0 Å². The average molecular weight is 353 g/mol. The topological polar surface area (TPSA) is 42.7 Å². The summed E-state index contributed by atoms with van der Waals surface area (Å²) in [6, 6.07) is 2.43. The molecule has 0 amide bonds. The molecule has 0 fully saturated rings. The SMILES string of the molecule is CC(C)Nc1nccc2c1[c]([Sn]([CH3])([CH3])[CH3])nn2C. The molecule has 0 unspecified atom stereocenters. The first-order chi connectivity index (χ1) is 8.30. The maximum absolute atomic E-state index is 4.76. The van der Waals surface area contributed by atoms with E-state index in [2.05, 4.69) is 45.0 Å². The molecule has 2 rings (SSSR count). The van der Waals surface area contributed by atoms with E-state index in [1.54, 1.807) is 0 Å². The molecule has 2 heterocycles. The first kappa shape index (κ1) is 13.6. The predicted molar refractivity (Wildman–Crippen MR) is 80.2 cm³/mol. The van der Waals surface area contributed by atoms with Crippen LogP contribution in [0.5, 0.6) is 0 Å². The van der Waals surface area contributed by atoms with Crippen LogP contribution in [0.4, 0.5) is 5.82 Å². The van der Waals surface area contributed by atoms with E-state index in [4.69, 9.17) is 5.10 Å². The van der Waals surface area contributed by atoms with Crippen LogP contribution in [-0.2, 0) is 7.05 Å². The molecule has 0 aliphatic heterocycles. The molecular weight excluding hydrogens is 331 g/mol. The van der Waals surface area contributed by atoms with Crippen LogP contribution in [0.25, 0.3) is 10.9 Å². The van der Waals surface area contributed by atoms with Crippen LogP contribution in [0.15, 0.2) is 12.3 Å². The van der Waals surface area contributed by atoms with Crippen molar-refractivity contribution in [2.45, 2.75) is 34.7 Å². The van der Waals surface area contributed by atoms with Gasteiger partial charge in [-0.05, 0) is 0 Å². The Morgan fingerprint density at radius 2 is 1.94 bits per heavy atom. The van der Waals surface area contributed by atoms with E-state index in [0.29, 0.717) is 6.04 Å². The number of pyridine rings is 1. The summed E-state index contributed by atoms with van der Waals surface area (Å²) < 4.78 is 3.29. The fourth-order valence-corrected chi connectivity index (χ4v) is 6.24. The minimum absolute atomic E-state index is 0.381. The van der Waals surface area contributed by atoms with Crippen LogP contribution in [-0.4, -0.2) is 39.2 Å². The molecule has 0 aliphatic carbocycles. The van der Waals surface area contributed by atoms with E-state index >= 15 is 0 Å². The second-order valence-corrected chi connectivity index (χ2v) is 20.3. The maximum atomic E-state index is 4.76. The van der Waals surface area contributed by atoms with Crippen molar-refractivity contribution in [3.63, 3.8) is 0 Å². The molecule has 18 heavy (non-hydrogen) atoms. The Kier molecular flexibility index (Phi) is 3.58. The summed E-state index contributed by atoms with van der Waals surface area (Å²) in [5.41, 5.74) is 1.18. The van der Waals surface area contributed by atoms with E-state index in [1.807, 2.05) is 17.9 Å². The second kappa shape index (κ2) is 4.72. The zero-order chi connectivity index (χ0) is 13.5. The third kappa shape index (κ3) is 2.48. The van der Waals surface area contributed by atoms with Gasteiger partial charge in [-0.2, -0.15) is 0 Å². The van der Waals surface area contributed by atoms with Crippen molar-refractivity contribution in [2.24, 2.45) is 7.05 Å². The van der Waals surface area contributed by atoms with Gasteiger partial charge in [0.1, 0.15) is 0 Å². The van der Waals surface area contributed by atoms with Gasteiger partial charge in [-0.1, -0.05) is 0 Å². The van der Waals surface area contributed by atoms with Crippen molar-refractivity contribution >= 4 is 38.8 Å². The van der Waals surface area contributed by atoms with Crippen LogP contribution in [0.2, 0.25) is 14.8 Å². The monoisotopic (exact) mass is 354 g/mol. The van der Waals surface area contributed by atoms with Gasteiger partial charge >= 0.3 is 113 Å². The summed E-state index contributed by atoms with van der Waals surface area (Å²) in [7, 11) is 2.02. The number of aryl methyl sites for hydroxylation is 1. The zero-order valence-electron chi connectivity index (χ0n) is 12.1. The van der Waals surface area contributed by atoms with Crippen LogP contribution in [0.3, 0.4) is 0 Å². The quantitative estimate of drug-likeness (QED) is 0.862. The molecule has 4 nitrogen and oxygen atoms in total. The molecule has 0 saturated heterocycles. The summed E-state index contributed by atoms with van der Waals surface area (Å²) in [4.78, 5) is 11.7. The molecule has 0 aliphatic rings. The van der Waals surface area contributed by atoms with E-state index in [1.165, 1.54) is 14.6 Å². The van der Waals surface area contributed by atoms with Gasteiger partial charge in [-0.25, -0.2) is 0 Å². The van der Waals surface area contributed by atoms with Gasteiger partial charge in [-0.15, -0.1) is 0 Å². The molecule has 0 saturated carbocycles. The molecule has 0 aromatic carbocycles. The molecule has 98 valence electrons. The summed E-state index contributed by atoms with van der Waals surface area (Å²) in [5, 5.41) is 9.44. The summed E-state index contributed by atoms with van der Waals surface area (Å²) in [6.07, 6.45) is 1.86. The summed E-state index contributed by atoms with van der Waals surface area (Å²) >= 11 is -2.23. The van der Waals surface area contributed by atoms with Crippen LogP contribution >= 0.6 is 0 Å². The molecule has 0 spiro atoms. The number of rotatable bonds is 3. The molecule has 2 aromatic rings. The Morgan fingerprint density at radius 3 is 2.50 bits per heavy atom. The Hall–Kier alpha value is -0.781. The molecule has 2 aromatic heterocycles.